The first-order valence-electron chi connectivity index (χ1n) is 8.85. The number of unbranched alkanes of at least 4 members (excludes halogenated alkanes) is 2. The van der Waals surface area contributed by atoms with Crippen LogP contribution in [-0.4, -0.2) is 38.4 Å². The van der Waals surface area contributed by atoms with Gasteiger partial charge < -0.3 is 9.88 Å². The van der Waals surface area contributed by atoms with Crippen molar-refractivity contribution in [1.82, 2.24) is 14.8 Å². The Morgan fingerprint density at radius 3 is 2.96 bits per heavy atom. The molecule has 1 N–H and O–H groups in total. The Balaban J connectivity index is 1.71. The van der Waals surface area contributed by atoms with Crippen LogP contribution in [0.4, 0.5) is 11.4 Å². The number of aryl methyl sites for hydroxylation is 1. The predicted molar refractivity (Wildman–Crippen MR) is 102 cm³/mol. The van der Waals surface area contributed by atoms with Crippen LogP contribution in [0.2, 0.25) is 0 Å². The molecule has 0 spiro atoms. The molecular weight excluding hydrogens is 350 g/mol. The first-order valence-corrected chi connectivity index (χ1v) is 9.73. The molecule has 0 saturated heterocycles. The van der Waals surface area contributed by atoms with E-state index in [2.05, 4.69) is 22.4 Å². The molecule has 1 atom stereocenters. The number of nitrogens with one attached hydrogen (secondary N) is 1. The van der Waals surface area contributed by atoms with E-state index in [1.807, 2.05) is 29.7 Å². The van der Waals surface area contributed by atoms with Gasteiger partial charge in [0.25, 0.3) is 0 Å². The van der Waals surface area contributed by atoms with Crippen LogP contribution in [0.5, 0.6) is 0 Å². The fourth-order valence-corrected chi connectivity index (χ4v) is 3.79. The normalized spacial score (nSPS) is 14.7. The van der Waals surface area contributed by atoms with Gasteiger partial charge in [-0.1, -0.05) is 43.7 Å². The van der Waals surface area contributed by atoms with E-state index < -0.39 is 0 Å². The average Bonchev–Trinajstić information content (AvgIpc) is 3.07. The largest absolute Gasteiger partial charge is 0.323 e. The lowest BCUT2D eigenvalue weighted by Crippen LogP contribution is -2.45. The number of fused-ring (bicyclic) bond motifs is 1. The number of benzene rings is 1. The summed E-state index contributed by atoms with van der Waals surface area (Å²) in [5.41, 5.74) is 1.39. The lowest BCUT2D eigenvalue weighted by atomic mass is 10.2. The number of anilines is 2. The van der Waals surface area contributed by atoms with Crippen LogP contribution in [0, 0.1) is 0 Å². The summed E-state index contributed by atoms with van der Waals surface area (Å²) in [5, 5.41) is 11.3. The van der Waals surface area contributed by atoms with Crippen molar-refractivity contribution in [2.24, 2.45) is 0 Å². The van der Waals surface area contributed by atoms with E-state index >= 15 is 0 Å². The number of hydrogen-bond donors (Lipinski definition) is 1. The van der Waals surface area contributed by atoms with Gasteiger partial charge in [-0.15, -0.1) is 10.2 Å². The molecule has 1 aliphatic heterocycles. The van der Waals surface area contributed by atoms with Crippen LogP contribution in [0.3, 0.4) is 0 Å². The molecular formula is C18H23N5O2S. The van der Waals surface area contributed by atoms with Crippen molar-refractivity contribution in [2.75, 3.05) is 16.8 Å². The highest BCUT2D eigenvalue weighted by Gasteiger charge is 2.30. The van der Waals surface area contributed by atoms with E-state index in [0.717, 1.165) is 36.7 Å². The maximum Gasteiger partial charge on any atom is 0.244 e. The molecule has 0 unspecified atom stereocenters. The van der Waals surface area contributed by atoms with Crippen LogP contribution < -0.4 is 10.2 Å². The molecule has 26 heavy (non-hydrogen) atoms. The average molecular weight is 373 g/mol. The zero-order chi connectivity index (χ0) is 18.5. The maximum atomic E-state index is 13.0. The summed E-state index contributed by atoms with van der Waals surface area (Å²) < 4.78 is 1.99. The molecule has 0 bridgehead atoms. The molecule has 8 heteroatoms. The zero-order valence-electron chi connectivity index (χ0n) is 15.0. The second-order valence-electron chi connectivity index (χ2n) is 6.26. The van der Waals surface area contributed by atoms with E-state index in [0.29, 0.717) is 5.69 Å². The number of aromatic nitrogens is 3. The lowest BCUT2D eigenvalue weighted by Gasteiger charge is -2.30. The molecule has 3 rings (SSSR count). The SMILES string of the molecule is CCCCCn1cnnc1S[C@H](C)C(=O)N1CC(=O)Nc2ccccc21. The minimum absolute atomic E-state index is 0.0317. The number of thioether (sulfide) groups is 1. The highest BCUT2D eigenvalue weighted by atomic mass is 32.2. The van der Waals surface area contributed by atoms with Gasteiger partial charge in [-0.05, 0) is 25.5 Å². The van der Waals surface area contributed by atoms with E-state index in [9.17, 15) is 9.59 Å². The maximum absolute atomic E-state index is 13.0. The van der Waals surface area contributed by atoms with Crippen molar-refractivity contribution < 1.29 is 9.59 Å². The highest BCUT2D eigenvalue weighted by molar-refractivity contribution is 8.00. The smallest absolute Gasteiger partial charge is 0.244 e. The second-order valence-corrected chi connectivity index (χ2v) is 7.57. The molecule has 2 heterocycles. The molecule has 0 radical (unpaired) electrons. The molecule has 1 aromatic carbocycles. The monoisotopic (exact) mass is 373 g/mol. The van der Waals surface area contributed by atoms with Crippen LogP contribution >= 0.6 is 11.8 Å². The van der Waals surface area contributed by atoms with E-state index in [-0.39, 0.29) is 23.6 Å². The van der Waals surface area contributed by atoms with E-state index in [1.54, 1.807) is 17.3 Å². The predicted octanol–water partition coefficient (Wildman–Crippen LogP) is 2.93. The summed E-state index contributed by atoms with van der Waals surface area (Å²) >= 11 is 1.38. The minimum atomic E-state index is -0.372. The topological polar surface area (TPSA) is 80.1 Å². The van der Waals surface area contributed by atoms with Crippen LogP contribution in [0.1, 0.15) is 33.1 Å². The van der Waals surface area contributed by atoms with Gasteiger partial charge in [0.2, 0.25) is 11.8 Å². The van der Waals surface area contributed by atoms with Gasteiger partial charge in [-0.25, -0.2) is 0 Å². The summed E-state index contributed by atoms with van der Waals surface area (Å²) in [7, 11) is 0. The van der Waals surface area contributed by atoms with Gasteiger partial charge in [0.15, 0.2) is 5.16 Å². The Morgan fingerprint density at radius 1 is 1.35 bits per heavy atom. The summed E-state index contributed by atoms with van der Waals surface area (Å²) in [4.78, 5) is 26.5. The van der Waals surface area contributed by atoms with Gasteiger partial charge in [0, 0.05) is 6.54 Å². The third-order valence-electron chi connectivity index (χ3n) is 4.25. The van der Waals surface area contributed by atoms with Crippen molar-refractivity contribution in [3.8, 4) is 0 Å². The number of nitrogens with zero attached hydrogens (tertiary/aromatic N) is 4. The molecule has 7 nitrogen and oxygen atoms in total. The lowest BCUT2D eigenvalue weighted by molar-refractivity contribution is -0.121. The highest BCUT2D eigenvalue weighted by Crippen LogP contribution is 2.31. The van der Waals surface area contributed by atoms with Gasteiger partial charge in [-0.2, -0.15) is 0 Å². The number of amides is 2. The van der Waals surface area contributed by atoms with Gasteiger partial charge >= 0.3 is 0 Å². The number of hydrogen-bond acceptors (Lipinski definition) is 5. The Hall–Kier alpha value is -2.35. The van der Waals surface area contributed by atoms with Crippen molar-refractivity contribution in [2.45, 2.75) is 50.1 Å². The Morgan fingerprint density at radius 2 is 2.15 bits per heavy atom. The molecule has 138 valence electrons. The van der Waals surface area contributed by atoms with Crippen molar-refractivity contribution in [1.29, 1.82) is 0 Å². The van der Waals surface area contributed by atoms with Crippen molar-refractivity contribution >= 4 is 35.0 Å². The summed E-state index contributed by atoms with van der Waals surface area (Å²) in [6.07, 6.45) is 5.06. The van der Waals surface area contributed by atoms with Crippen molar-refractivity contribution in [3.05, 3.63) is 30.6 Å². The van der Waals surface area contributed by atoms with E-state index in [1.165, 1.54) is 11.8 Å². The third-order valence-corrected chi connectivity index (χ3v) is 5.33. The quantitative estimate of drug-likeness (QED) is 0.596. The van der Waals surface area contributed by atoms with Crippen LogP contribution in [-0.2, 0) is 16.1 Å². The zero-order valence-corrected chi connectivity index (χ0v) is 15.8. The van der Waals surface area contributed by atoms with Gasteiger partial charge in [0.05, 0.1) is 16.6 Å². The summed E-state index contributed by atoms with van der Waals surface area (Å²) in [6.45, 7) is 4.88. The number of carbonyl (C=O) groups excluding carboxylic acids is 2. The Kier molecular flexibility index (Phi) is 5.92. The first-order chi connectivity index (χ1) is 12.6. The van der Waals surface area contributed by atoms with Crippen LogP contribution in [0.25, 0.3) is 0 Å². The summed E-state index contributed by atoms with van der Waals surface area (Å²) in [5.74, 6) is -0.294. The molecule has 1 aliphatic rings. The first kappa shape index (κ1) is 18.4. The van der Waals surface area contributed by atoms with E-state index in [4.69, 9.17) is 0 Å². The fourth-order valence-electron chi connectivity index (χ4n) is 2.88. The Labute approximate surface area is 157 Å². The molecule has 1 aromatic heterocycles. The minimum Gasteiger partial charge on any atom is -0.323 e. The number of para-hydroxylation sites is 2. The van der Waals surface area contributed by atoms with Gasteiger partial charge in [-0.3, -0.25) is 14.5 Å². The number of rotatable bonds is 7. The fraction of sp³-hybridized carbons (Fsp3) is 0.444. The Bertz CT molecular complexity index is 791. The van der Waals surface area contributed by atoms with Gasteiger partial charge in [0.1, 0.15) is 12.9 Å². The molecule has 0 aliphatic carbocycles. The molecule has 0 saturated carbocycles. The number of carbonyl (C=O) groups is 2. The summed E-state index contributed by atoms with van der Waals surface area (Å²) in [6, 6.07) is 7.34. The van der Waals surface area contributed by atoms with Crippen molar-refractivity contribution in [3.63, 3.8) is 0 Å². The standard InChI is InChI=1S/C18H23N5O2S/c1-3-4-7-10-22-12-19-21-18(22)26-13(2)17(25)23-11-16(24)20-14-8-5-6-9-15(14)23/h5-6,8-9,12-13H,3-4,7,10-11H2,1-2H3,(H,20,24)/t13-/m1/s1. The second kappa shape index (κ2) is 8.35. The molecule has 0 fully saturated rings. The van der Waals surface area contributed by atoms with Crippen LogP contribution in [0.15, 0.2) is 35.7 Å². The third kappa shape index (κ3) is 4.07. The molecule has 2 amide bonds. The molecule has 2 aromatic rings.